The van der Waals surface area contributed by atoms with E-state index in [0.29, 0.717) is 11.4 Å². The van der Waals surface area contributed by atoms with E-state index < -0.39 is 51.9 Å². The normalized spacial score (nSPS) is 10.3. The zero-order chi connectivity index (χ0) is 84.4. The van der Waals surface area contributed by atoms with Crippen molar-refractivity contribution in [1.82, 2.24) is 0 Å². The van der Waals surface area contributed by atoms with E-state index in [-0.39, 0.29) is 176 Å². The van der Waals surface area contributed by atoms with Crippen molar-refractivity contribution in [2.24, 2.45) is 0 Å². The Hall–Kier alpha value is -16.1. The number of aromatic hydroxyl groups is 18. The summed E-state index contributed by atoms with van der Waals surface area (Å²) in [5.74, 6) is -7.86. The highest BCUT2D eigenvalue weighted by molar-refractivity contribution is 6.18. The number of hydrogen-bond acceptors (Lipinski definition) is 30. The fourth-order valence-electron chi connectivity index (χ4n) is 10.8. The van der Waals surface area contributed by atoms with Gasteiger partial charge in [-0.05, 0) is 109 Å². The number of nitrogen functional groups attached to an aromatic ring is 3. The van der Waals surface area contributed by atoms with Gasteiger partial charge < -0.3 is 124 Å². The third-order valence-corrected chi connectivity index (χ3v) is 16.5. The van der Waals surface area contributed by atoms with Crippen molar-refractivity contribution in [2.75, 3.05) is 74.2 Å². The Balaban J connectivity index is 0.000000190. The summed E-state index contributed by atoms with van der Waals surface area (Å²) in [6.07, 6.45) is 0. The SMILES string of the molecule is CN(C)c1c(O)ccc(C(=O)c2ccccc2O)c1O.CN(C)c1cc(C(=O)c2ccccc2O)c(O)cc1O.CN(C)c1cc(O)cc(O)c1C(=O)c1ccccc1O.Nc1c(O)ccc(C(=O)c2ccccc2O)c1O.Nc1cc(C(=O)c2ccccc2O)c(O)cc1O.Nc1cc(O)cc(O)c1C(=O)c1ccccc1O. The number of ketones is 6. The molecule has 0 amide bonds. The van der Waals surface area contributed by atoms with Gasteiger partial charge in [-0.25, -0.2) is 0 Å². The molecule has 0 bridgehead atoms. The first-order valence-electron chi connectivity index (χ1n) is 33.4. The third kappa shape index (κ3) is 20.0. The maximum absolute atomic E-state index is 12.5. The van der Waals surface area contributed by atoms with Gasteiger partial charge >= 0.3 is 0 Å². The molecule has 114 heavy (non-hydrogen) atoms. The Kier molecular flexibility index (Phi) is 27.7. The number of nitrogens with two attached hydrogens (primary N) is 3. The predicted octanol–water partition coefficient (Wildman–Crippen LogP) is 11.2. The van der Waals surface area contributed by atoms with E-state index in [1.807, 2.05) is 0 Å². The first kappa shape index (κ1) is 85.1. The number of hydrogen-bond donors (Lipinski definition) is 21. The standard InChI is InChI=1S/3C15H15NO4.3C13H11NO4/c1-16(2)11-7-9(17)8-13(19)14(11)15(20)10-5-3-4-6-12(10)18;1-16(2)11-7-10(13(18)8-14(11)19)15(20)9-5-3-4-6-12(9)17;1-16(2)13-12(18)8-7-10(15(13)20)14(19)9-5-3-4-6-11(9)17;14-9-5-7(15)6-11(17)12(9)13(18)8-3-1-2-4-10(8)16;14-9-5-8(11(16)6-12(9)17)13(18)7-3-1-2-4-10(7)15;14-11-10(16)6-5-8(13(11)18)12(17)7-3-1-2-4-9(7)15/h2*3-8,17-19H,1-2H3;3-8,17-18,20H,1-2H3;2*1-6,15-17H,14H2;1-6,15-16,18H,14H2. The minimum absolute atomic E-state index is 0.0213. The van der Waals surface area contributed by atoms with Crippen LogP contribution in [0.2, 0.25) is 0 Å². The second-order valence-electron chi connectivity index (χ2n) is 25.1. The molecule has 0 saturated carbocycles. The molecule has 0 fully saturated rings. The van der Waals surface area contributed by atoms with Crippen LogP contribution in [0.4, 0.5) is 34.1 Å². The van der Waals surface area contributed by atoms with Crippen LogP contribution in [0.25, 0.3) is 0 Å². The number of nitrogens with zero attached hydrogens (tertiary/aromatic N) is 3. The highest BCUT2D eigenvalue weighted by atomic mass is 16.3. The molecule has 0 heterocycles. The summed E-state index contributed by atoms with van der Waals surface area (Å²) in [6, 6.07) is 50.6. The van der Waals surface area contributed by atoms with Crippen LogP contribution in [0.3, 0.4) is 0 Å². The Morgan fingerprint density at radius 2 is 0.544 bits per heavy atom. The minimum Gasteiger partial charge on any atom is -0.508 e. The second kappa shape index (κ2) is 37.1. The summed E-state index contributed by atoms with van der Waals surface area (Å²) in [7, 11) is 10.1. The van der Waals surface area contributed by atoms with Crippen LogP contribution in [0.1, 0.15) is 95.5 Å². The Labute approximate surface area is 649 Å². The van der Waals surface area contributed by atoms with E-state index in [0.717, 1.165) is 30.3 Å². The summed E-state index contributed by atoms with van der Waals surface area (Å²) in [5.41, 5.74) is 17.3. The predicted molar refractivity (Wildman–Crippen MR) is 424 cm³/mol. The molecule has 12 aromatic rings. The lowest BCUT2D eigenvalue weighted by molar-refractivity contribution is 0.102. The van der Waals surface area contributed by atoms with Crippen LogP contribution in [0.5, 0.6) is 103 Å². The van der Waals surface area contributed by atoms with Crippen molar-refractivity contribution in [3.63, 3.8) is 0 Å². The van der Waals surface area contributed by atoms with Gasteiger partial charge in [-0.15, -0.1) is 0 Å². The number of phenols is 18. The molecule has 0 aliphatic rings. The van der Waals surface area contributed by atoms with Crippen molar-refractivity contribution in [3.8, 4) is 103 Å². The minimum atomic E-state index is -0.608. The van der Waals surface area contributed by atoms with Crippen LogP contribution in [-0.4, -0.2) is 169 Å². The molecule has 0 aromatic heterocycles. The fourth-order valence-corrected chi connectivity index (χ4v) is 10.8. The number of para-hydroxylation sites is 6. The van der Waals surface area contributed by atoms with E-state index >= 15 is 0 Å². The van der Waals surface area contributed by atoms with Gasteiger partial charge in [0.1, 0.15) is 103 Å². The van der Waals surface area contributed by atoms with Crippen molar-refractivity contribution in [3.05, 3.63) is 285 Å². The van der Waals surface area contributed by atoms with Gasteiger partial charge in [-0.1, -0.05) is 72.8 Å². The lowest BCUT2D eigenvalue weighted by atomic mass is 9.99. The number of phenolic OH excluding ortho intramolecular Hbond substituents is 18. The molecule has 0 atom stereocenters. The van der Waals surface area contributed by atoms with Gasteiger partial charge in [0, 0.05) is 78.7 Å². The molecule has 12 rings (SSSR count). The number of rotatable bonds is 15. The molecular formula is C84H78N6O24. The van der Waals surface area contributed by atoms with Gasteiger partial charge in [0.15, 0.2) is 11.5 Å². The number of anilines is 6. The molecule has 0 saturated heterocycles. The first-order chi connectivity index (χ1) is 53.8. The van der Waals surface area contributed by atoms with E-state index in [9.17, 15) is 121 Å². The Morgan fingerprint density at radius 3 is 0.912 bits per heavy atom. The average Bonchev–Trinajstić information content (AvgIpc) is 0.787. The van der Waals surface area contributed by atoms with Crippen molar-refractivity contribution in [1.29, 1.82) is 0 Å². The van der Waals surface area contributed by atoms with Crippen molar-refractivity contribution >= 4 is 68.8 Å². The molecule has 0 radical (unpaired) electrons. The van der Waals surface area contributed by atoms with Crippen molar-refractivity contribution in [2.45, 2.75) is 0 Å². The Bertz CT molecular complexity index is 5500. The Morgan fingerprint density at radius 1 is 0.228 bits per heavy atom. The molecule has 0 unspecified atom stereocenters. The molecule has 0 aliphatic carbocycles. The van der Waals surface area contributed by atoms with Crippen LogP contribution in [-0.2, 0) is 0 Å². The van der Waals surface area contributed by atoms with Gasteiger partial charge in [0.25, 0.3) is 0 Å². The monoisotopic (exact) mass is 1550 g/mol. The molecule has 12 aromatic carbocycles. The van der Waals surface area contributed by atoms with E-state index in [2.05, 4.69) is 0 Å². The summed E-state index contributed by atoms with van der Waals surface area (Å²) < 4.78 is 0. The van der Waals surface area contributed by atoms with E-state index in [1.165, 1.54) is 120 Å². The zero-order valence-electron chi connectivity index (χ0n) is 61.4. The largest absolute Gasteiger partial charge is 0.508 e. The second-order valence-corrected chi connectivity index (χ2v) is 25.1. The van der Waals surface area contributed by atoms with Crippen LogP contribution >= 0.6 is 0 Å². The molecule has 0 spiro atoms. The fraction of sp³-hybridized carbons (Fsp3) is 0.0714. The highest BCUT2D eigenvalue weighted by Crippen LogP contribution is 2.42. The topological polar surface area (TPSA) is 554 Å². The lowest BCUT2D eigenvalue weighted by Crippen LogP contribution is -2.14. The van der Waals surface area contributed by atoms with Gasteiger partial charge in [0.2, 0.25) is 34.7 Å². The molecule has 0 aliphatic heterocycles. The first-order valence-corrected chi connectivity index (χ1v) is 33.4. The summed E-state index contributed by atoms with van der Waals surface area (Å²) in [6.45, 7) is 0. The highest BCUT2D eigenvalue weighted by Gasteiger charge is 2.27. The van der Waals surface area contributed by atoms with Gasteiger partial charge in [0.05, 0.1) is 89.5 Å². The van der Waals surface area contributed by atoms with Crippen LogP contribution in [0, 0.1) is 0 Å². The molecule has 30 heteroatoms. The van der Waals surface area contributed by atoms with Gasteiger partial charge in [-0.2, -0.15) is 0 Å². The summed E-state index contributed by atoms with van der Waals surface area (Å²) >= 11 is 0. The molecular weight excluding hydrogens is 1480 g/mol. The maximum Gasteiger partial charge on any atom is 0.202 e. The van der Waals surface area contributed by atoms with Gasteiger partial charge in [-0.3, -0.25) is 28.8 Å². The molecule has 24 N–H and O–H groups in total. The zero-order valence-corrected chi connectivity index (χ0v) is 61.4. The number of carbonyl (C=O) groups is 6. The van der Waals surface area contributed by atoms with E-state index in [1.54, 1.807) is 125 Å². The van der Waals surface area contributed by atoms with Crippen LogP contribution in [0.15, 0.2) is 218 Å². The average molecular weight is 1560 g/mol. The summed E-state index contributed by atoms with van der Waals surface area (Å²) in [4.78, 5) is 78.3. The molecule has 588 valence electrons. The summed E-state index contributed by atoms with van der Waals surface area (Å²) in [5, 5.41) is 174. The maximum atomic E-state index is 12.5. The van der Waals surface area contributed by atoms with Crippen LogP contribution < -0.4 is 31.9 Å². The number of carbonyl (C=O) groups excluding carboxylic acids is 6. The quantitative estimate of drug-likeness (QED) is 0.0196. The number of benzene rings is 12. The van der Waals surface area contributed by atoms with E-state index in [4.69, 9.17) is 17.2 Å². The molecule has 30 nitrogen and oxygen atoms in total. The smallest absolute Gasteiger partial charge is 0.202 e. The van der Waals surface area contributed by atoms with Crippen molar-refractivity contribution < 1.29 is 121 Å². The third-order valence-electron chi connectivity index (χ3n) is 16.5. The lowest BCUT2D eigenvalue weighted by Gasteiger charge is -2.18.